The summed E-state index contributed by atoms with van der Waals surface area (Å²) < 4.78 is 12.4. The Hall–Kier alpha value is -3.49. The van der Waals surface area contributed by atoms with E-state index in [2.05, 4.69) is 0 Å². The first-order valence-corrected chi connectivity index (χ1v) is 13.3. The van der Waals surface area contributed by atoms with Gasteiger partial charge in [-0.1, -0.05) is 54.6 Å². The summed E-state index contributed by atoms with van der Waals surface area (Å²) in [5.41, 5.74) is -1.72. The summed E-state index contributed by atoms with van der Waals surface area (Å²) in [6, 6.07) is 12.8. The highest BCUT2D eigenvalue weighted by molar-refractivity contribution is 6.06. The molecule has 4 aliphatic rings. The summed E-state index contributed by atoms with van der Waals surface area (Å²) in [4.78, 5) is 45.1. The van der Waals surface area contributed by atoms with E-state index in [4.69, 9.17) is 9.47 Å². The van der Waals surface area contributed by atoms with Gasteiger partial charge in [0.15, 0.2) is 0 Å². The molecule has 2 aromatic rings. The first kappa shape index (κ1) is 24.8. The molecule has 5 atom stereocenters. The van der Waals surface area contributed by atoms with Crippen LogP contribution in [0.25, 0.3) is 10.8 Å². The maximum Gasteiger partial charge on any atom is 0.313 e. The third-order valence-corrected chi connectivity index (χ3v) is 8.35. The van der Waals surface area contributed by atoms with Gasteiger partial charge >= 0.3 is 5.97 Å². The predicted molar refractivity (Wildman–Crippen MR) is 141 cm³/mol. The molecule has 0 aliphatic carbocycles. The average Bonchev–Trinajstić information content (AvgIpc) is 3.26. The summed E-state index contributed by atoms with van der Waals surface area (Å²) in [6.45, 7) is 2.43. The molecule has 4 heterocycles. The van der Waals surface area contributed by atoms with Crippen molar-refractivity contribution in [1.29, 1.82) is 0 Å². The Labute approximate surface area is 221 Å². The smallest absolute Gasteiger partial charge is 0.313 e. The van der Waals surface area contributed by atoms with Gasteiger partial charge in [-0.25, -0.2) is 0 Å². The van der Waals surface area contributed by atoms with E-state index in [9.17, 15) is 19.5 Å². The molecule has 38 heavy (non-hydrogen) atoms. The SMILES string of the molecule is C[C@]12/C=C\CCCOC(=O)[C@H]1[C@H]1C(=O)N(CCCO)C3C(=O)N(c4ccc5ccccc5c4)CC=C[C@@]31O2. The van der Waals surface area contributed by atoms with Gasteiger partial charge in [-0.05, 0) is 49.1 Å². The number of allylic oxidation sites excluding steroid dienone is 1. The Kier molecular flexibility index (Phi) is 6.12. The third-order valence-electron chi connectivity index (χ3n) is 8.35. The van der Waals surface area contributed by atoms with Crippen LogP contribution >= 0.6 is 0 Å². The van der Waals surface area contributed by atoms with Crippen molar-refractivity contribution in [2.24, 2.45) is 11.8 Å². The summed E-state index contributed by atoms with van der Waals surface area (Å²) in [5.74, 6) is -2.88. The molecule has 2 saturated heterocycles. The highest BCUT2D eigenvalue weighted by atomic mass is 16.6. The summed E-state index contributed by atoms with van der Waals surface area (Å²) in [6.07, 6.45) is 9.25. The lowest BCUT2D eigenvalue weighted by Crippen LogP contribution is -2.56. The van der Waals surface area contributed by atoms with Crippen molar-refractivity contribution in [3.63, 3.8) is 0 Å². The summed E-state index contributed by atoms with van der Waals surface area (Å²) in [7, 11) is 0. The fraction of sp³-hybridized carbons (Fsp3) is 0.433. The van der Waals surface area contributed by atoms with Crippen LogP contribution in [-0.2, 0) is 23.9 Å². The molecule has 1 N–H and O–H groups in total. The van der Waals surface area contributed by atoms with Crippen LogP contribution in [0.3, 0.4) is 0 Å². The van der Waals surface area contributed by atoms with Crippen LogP contribution in [0.2, 0.25) is 0 Å². The zero-order valence-electron chi connectivity index (χ0n) is 21.4. The van der Waals surface area contributed by atoms with E-state index in [0.717, 1.165) is 22.9 Å². The fourth-order valence-corrected chi connectivity index (χ4v) is 6.69. The number of amides is 2. The number of cyclic esters (lactones) is 1. The number of ether oxygens (including phenoxy) is 2. The number of nitrogens with zero attached hydrogens (tertiary/aromatic N) is 2. The maximum absolute atomic E-state index is 14.4. The maximum atomic E-state index is 14.4. The number of carbonyl (C=O) groups excluding carboxylic acids is 3. The topological polar surface area (TPSA) is 96.4 Å². The van der Waals surface area contributed by atoms with Crippen LogP contribution in [-0.4, -0.2) is 71.3 Å². The second-order valence-corrected chi connectivity index (χ2v) is 10.7. The van der Waals surface area contributed by atoms with E-state index < -0.39 is 35.0 Å². The van der Waals surface area contributed by atoms with Gasteiger partial charge in [0.1, 0.15) is 17.6 Å². The number of benzene rings is 2. The molecule has 2 aromatic carbocycles. The van der Waals surface area contributed by atoms with Crippen molar-refractivity contribution >= 4 is 34.2 Å². The molecule has 2 fully saturated rings. The molecule has 2 amide bonds. The number of aliphatic hydroxyl groups is 1. The van der Waals surface area contributed by atoms with E-state index >= 15 is 0 Å². The van der Waals surface area contributed by atoms with Crippen LogP contribution in [0.15, 0.2) is 66.8 Å². The Morgan fingerprint density at radius 3 is 2.63 bits per heavy atom. The lowest BCUT2D eigenvalue weighted by molar-refractivity contribution is -0.158. The van der Waals surface area contributed by atoms with Crippen molar-refractivity contribution in [3.05, 3.63) is 66.8 Å². The number of esters is 1. The van der Waals surface area contributed by atoms with Crippen LogP contribution in [0.5, 0.6) is 0 Å². The minimum Gasteiger partial charge on any atom is -0.465 e. The first-order chi connectivity index (χ1) is 18.4. The molecule has 0 saturated carbocycles. The number of anilines is 1. The zero-order valence-corrected chi connectivity index (χ0v) is 21.4. The highest BCUT2D eigenvalue weighted by Crippen LogP contribution is 2.57. The number of hydrogen-bond acceptors (Lipinski definition) is 6. The van der Waals surface area contributed by atoms with Gasteiger partial charge in [0.05, 0.1) is 18.1 Å². The monoisotopic (exact) mass is 516 g/mol. The molecule has 4 aliphatic heterocycles. The van der Waals surface area contributed by atoms with Gasteiger partial charge in [0, 0.05) is 25.4 Å². The lowest BCUT2D eigenvalue weighted by atomic mass is 9.74. The average molecular weight is 517 g/mol. The van der Waals surface area contributed by atoms with Crippen molar-refractivity contribution in [2.75, 3.05) is 31.2 Å². The van der Waals surface area contributed by atoms with Crippen molar-refractivity contribution in [2.45, 2.75) is 43.4 Å². The lowest BCUT2D eigenvalue weighted by Gasteiger charge is -2.37. The molecule has 0 bridgehead atoms. The Morgan fingerprint density at radius 2 is 1.82 bits per heavy atom. The summed E-state index contributed by atoms with van der Waals surface area (Å²) >= 11 is 0. The number of fused-ring (bicyclic) bond motifs is 3. The number of hydrogen-bond donors (Lipinski definition) is 1. The van der Waals surface area contributed by atoms with Crippen molar-refractivity contribution in [1.82, 2.24) is 4.90 Å². The van der Waals surface area contributed by atoms with E-state index in [-0.39, 0.29) is 31.6 Å². The second-order valence-electron chi connectivity index (χ2n) is 10.7. The molecular weight excluding hydrogens is 484 g/mol. The van der Waals surface area contributed by atoms with Gasteiger partial charge in [-0.2, -0.15) is 0 Å². The molecule has 0 aromatic heterocycles. The molecule has 8 nitrogen and oxygen atoms in total. The second kappa shape index (κ2) is 9.36. The van der Waals surface area contributed by atoms with Crippen molar-refractivity contribution < 1.29 is 29.0 Å². The molecule has 6 rings (SSSR count). The third kappa shape index (κ3) is 3.69. The molecule has 1 unspecified atom stereocenters. The van der Waals surface area contributed by atoms with Crippen LogP contribution in [0, 0.1) is 11.8 Å². The van der Waals surface area contributed by atoms with Crippen molar-refractivity contribution in [3.8, 4) is 0 Å². The van der Waals surface area contributed by atoms with Gasteiger partial charge in [-0.15, -0.1) is 0 Å². The first-order valence-electron chi connectivity index (χ1n) is 13.3. The Balaban J connectivity index is 1.47. The van der Waals surface area contributed by atoms with Crippen LogP contribution in [0.4, 0.5) is 5.69 Å². The number of carbonyl (C=O) groups is 3. The minimum absolute atomic E-state index is 0.126. The molecule has 8 heteroatoms. The molecule has 198 valence electrons. The van der Waals surface area contributed by atoms with Gasteiger partial charge in [0.2, 0.25) is 5.91 Å². The van der Waals surface area contributed by atoms with Crippen LogP contribution < -0.4 is 4.90 Å². The normalized spacial score (nSPS) is 33.6. The van der Waals surface area contributed by atoms with E-state index in [1.54, 1.807) is 11.8 Å². The standard InChI is InChI=1S/C30H32N2O6/c1-29-13-5-2-6-18-37-28(36)24(29)23-26(34)32(16-8-17-33)25-27(35)31(15-7-14-30(23,25)38-29)22-12-11-20-9-3-4-10-21(20)19-22/h3-5,7,9-14,19,23-25,33H,2,6,8,15-18H2,1H3/b13-5-/t23-,24+,25?,29-,30-/m0/s1. The molecule has 1 spiro atoms. The number of rotatable bonds is 4. The molecule has 0 radical (unpaired) electrons. The van der Waals surface area contributed by atoms with E-state index in [1.165, 1.54) is 4.90 Å². The number of aliphatic hydroxyl groups excluding tert-OH is 1. The van der Waals surface area contributed by atoms with Gasteiger partial charge in [-0.3, -0.25) is 14.4 Å². The summed E-state index contributed by atoms with van der Waals surface area (Å²) in [5, 5.41) is 11.6. The van der Waals surface area contributed by atoms with E-state index in [1.807, 2.05) is 66.8 Å². The van der Waals surface area contributed by atoms with Crippen LogP contribution in [0.1, 0.15) is 26.2 Å². The largest absolute Gasteiger partial charge is 0.465 e. The van der Waals surface area contributed by atoms with E-state index in [0.29, 0.717) is 19.4 Å². The zero-order chi connectivity index (χ0) is 26.5. The number of likely N-dealkylation sites (tertiary alicyclic amines) is 1. The van der Waals surface area contributed by atoms with Gasteiger partial charge < -0.3 is 24.4 Å². The molecular formula is C30H32N2O6. The Bertz CT molecular complexity index is 1350. The highest BCUT2D eigenvalue weighted by Gasteiger charge is 2.74. The quantitative estimate of drug-likeness (QED) is 0.496. The fourth-order valence-electron chi connectivity index (χ4n) is 6.69. The Morgan fingerprint density at radius 1 is 1.00 bits per heavy atom. The minimum atomic E-state index is -1.34. The van der Waals surface area contributed by atoms with Gasteiger partial charge in [0.25, 0.3) is 5.91 Å². The predicted octanol–water partition coefficient (Wildman–Crippen LogP) is 2.99.